The highest BCUT2D eigenvalue weighted by molar-refractivity contribution is 5.97. The van der Waals surface area contributed by atoms with Gasteiger partial charge in [-0.2, -0.15) is 13.2 Å². The third-order valence-electron chi connectivity index (χ3n) is 3.99. The van der Waals surface area contributed by atoms with Crippen molar-refractivity contribution in [1.82, 2.24) is 0 Å². The van der Waals surface area contributed by atoms with E-state index in [2.05, 4.69) is 5.32 Å². The molecule has 1 N–H and O–H groups in total. The van der Waals surface area contributed by atoms with Crippen molar-refractivity contribution in [3.05, 3.63) is 23.8 Å². The summed E-state index contributed by atoms with van der Waals surface area (Å²) in [5, 5.41) is 2.50. The molecule has 0 radical (unpaired) electrons. The topological polar surface area (TPSA) is 47.6 Å². The molecule has 1 fully saturated rings. The summed E-state index contributed by atoms with van der Waals surface area (Å²) in [6, 6.07) is 3.41. The second-order valence-corrected chi connectivity index (χ2v) is 5.45. The van der Waals surface area contributed by atoms with E-state index in [1.807, 2.05) is 0 Å². The van der Waals surface area contributed by atoms with Gasteiger partial charge in [0.25, 0.3) is 5.91 Å². The highest BCUT2D eigenvalue weighted by Crippen LogP contribution is 2.42. The monoisotopic (exact) mass is 317 g/mol. The lowest BCUT2D eigenvalue weighted by Gasteiger charge is -2.27. The van der Waals surface area contributed by atoms with Crippen molar-refractivity contribution >= 4 is 11.6 Å². The number of anilines is 1. The predicted octanol–water partition coefficient (Wildman–Crippen LogP) is 3.47. The minimum absolute atomic E-state index is 0.0575. The van der Waals surface area contributed by atoms with Crippen LogP contribution in [0, 0.1) is 5.92 Å². The number of amides is 1. The Bertz CT molecular complexity index is 570. The van der Waals surface area contributed by atoms with Crippen LogP contribution in [0.3, 0.4) is 0 Å². The number of hydrogen-bond donors (Lipinski definition) is 1. The van der Waals surface area contributed by atoms with Crippen molar-refractivity contribution in [2.24, 2.45) is 5.92 Å². The van der Waals surface area contributed by atoms with Gasteiger partial charge in [0.05, 0.1) is 12.7 Å². The largest absolute Gasteiger partial charge is 0.496 e. The summed E-state index contributed by atoms with van der Waals surface area (Å²) in [6.07, 6.45) is -2.82. The lowest BCUT2D eigenvalue weighted by Crippen LogP contribution is -2.44. The van der Waals surface area contributed by atoms with Crippen molar-refractivity contribution in [2.75, 3.05) is 19.5 Å². The quantitative estimate of drug-likeness (QED) is 0.904. The Labute approximate surface area is 126 Å². The Kier molecular flexibility index (Phi) is 4.37. The third-order valence-corrected chi connectivity index (χ3v) is 3.99. The molecule has 0 aromatic heterocycles. The number of methoxy groups -OCH3 is 2. The van der Waals surface area contributed by atoms with Crippen LogP contribution in [0.1, 0.15) is 25.3 Å². The average molecular weight is 317 g/mol. The molecule has 1 amide bonds. The molecule has 1 aliphatic rings. The predicted molar refractivity (Wildman–Crippen MR) is 74.8 cm³/mol. The molecule has 22 heavy (non-hydrogen) atoms. The van der Waals surface area contributed by atoms with Crippen LogP contribution in [0.4, 0.5) is 18.9 Å². The molecule has 0 saturated heterocycles. The van der Waals surface area contributed by atoms with Gasteiger partial charge in [-0.05, 0) is 43.9 Å². The van der Waals surface area contributed by atoms with Crippen molar-refractivity contribution in [3.63, 3.8) is 0 Å². The van der Waals surface area contributed by atoms with E-state index in [1.165, 1.54) is 19.2 Å². The maximum atomic E-state index is 13.0. The Morgan fingerprint density at radius 3 is 2.36 bits per heavy atom. The second-order valence-electron chi connectivity index (χ2n) is 5.45. The van der Waals surface area contributed by atoms with Crippen molar-refractivity contribution < 1.29 is 27.4 Å². The minimum atomic E-state index is -4.56. The fourth-order valence-corrected chi connectivity index (χ4v) is 2.34. The first-order valence-corrected chi connectivity index (χ1v) is 6.84. The van der Waals surface area contributed by atoms with Crippen LogP contribution >= 0.6 is 0 Å². The van der Waals surface area contributed by atoms with Crippen LogP contribution in [0.25, 0.3) is 0 Å². The Balaban J connectivity index is 2.25. The molecule has 7 heteroatoms. The molecular weight excluding hydrogens is 299 g/mol. The first-order valence-electron chi connectivity index (χ1n) is 6.84. The zero-order valence-corrected chi connectivity index (χ0v) is 12.6. The molecule has 1 saturated carbocycles. The summed E-state index contributed by atoms with van der Waals surface area (Å²) in [6.45, 7) is 1.65. The normalized spacial score (nSPS) is 17.7. The van der Waals surface area contributed by atoms with Gasteiger partial charge >= 0.3 is 6.18 Å². The van der Waals surface area contributed by atoms with Crippen LogP contribution in [0.5, 0.6) is 5.75 Å². The van der Waals surface area contributed by atoms with E-state index < -0.39 is 23.2 Å². The summed E-state index contributed by atoms with van der Waals surface area (Å²) in [5.74, 6) is -0.643. The molecule has 0 heterocycles. The van der Waals surface area contributed by atoms with Crippen molar-refractivity contribution in [3.8, 4) is 5.75 Å². The molecule has 1 aliphatic carbocycles. The molecule has 0 aliphatic heterocycles. The van der Waals surface area contributed by atoms with E-state index in [0.717, 1.165) is 26.0 Å². The zero-order chi connectivity index (χ0) is 16.5. The minimum Gasteiger partial charge on any atom is -0.496 e. The zero-order valence-electron chi connectivity index (χ0n) is 12.6. The lowest BCUT2D eigenvalue weighted by molar-refractivity contribution is -0.139. The van der Waals surface area contributed by atoms with Gasteiger partial charge in [0.1, 0.15) is 11.4 Å². The highest BCUT2D eigenvalue weighted by Gasteiger charge is 2.47. The first kappa shape index (κ1) is 16.6. The number of ether oxygens (including phenoxy) is 2. The number of rotatable bonds is 5. The van der Waals surface area contributed by atoms with Crippen LogP contribution < -0.4 is 10.1 Å². The van der Waals surface area contributed by atoms with E-state index in [-0.39, 0.29) is 17.4 Å². The van der Waals surface area contributed by atoms with E-state index in [9.17, 15) is 18.0 Å². The van der Waals surface area contributed by atoms with E-state index >= 15 is 0 Å². The first-order chi connectivity index (χ1) is 10.2. The van der Waals surface area contributed by atoms with E-state index in [4.69, 9.17) is 9.47 Å². The number of carbonyl (C=O) groups is 1. The molecule has 2 rings (SSSR count). The summed E-state index contributed by atoms with van der Waals surface area (Å²) < 4.78 is 48.9. The van der Waals surface area contributed by atoms with E-state index in [1.54, 1.807) is 6.92 Å². The van der Waals surface area contributed by atoms with Crippen LogP contribution in [0.2, 0.25) is 0 Å². The average Bonchev–Trinajstić information content (AvgIpc) is 3.30. The Hall–Kier alpha value is -1.76. The maximum Gasteiger partial charge on any atom is 0.420 e. The van der Waals surface area contributed by atoms with Gasteiger partial charge in [0.2, 0.25) is 0 Å². The van der Waals surface area contributed by atoms with Crippen molar-refractivity contribution in [1.29, 1.82) is 0 Å². The third kappa shape index (κ3) is 3.19. The fourth-order valence-electron chi connectivity index (χ4n) is 2.34. The molecule has 1 aromatic carbocycles. The number of benzene rings is 1. The summed E-state index contributed by atoms with van der Waals surface area (Å²) in [5.41, 5.74) is -1.90. The Morgan fingerprint density at radius 2 is 1.91 bits per heavy atom. The number of alkyl halides is 3. The number of halogens is 3. The molecule has 4 nitrogen and oxygen atoms in total. The van der Waals surface area contributed by atoms with Crippen molar-refractivity contribution in [2.45, 2.75) is 31.5 Å². The smallest absolute Gasteiger partial charge is 0.420 e. The van der Waals surface area contributed by atoms with Crippen LogP contribution in [-0.4, -0.2) is 25.7 Å². The van der Waals surface area contributed by atoms with Gasteiger partial charge < -0.3 is 14.8 Å². The standard InChI is InChI=1S/C15H18F3NO3/c1-14(22-3,9-4-5-9)13(20)19-10-6-7-12(21-2)11(8-10)15(16,17)18/h6-9H,4-5H2,1-3H3,(H,19,20). The molecule has 1 aromatic rings. The highest BCUT2D eigenvalue weighted by atomic mass is 19.4. The lowest BCUT2D eigenvalue weighted by atomic mass is 9.99. The summed E-state index contributed by atoms with van der Waals surface area (Å²) in [7, 11) is 2.59. The number of nitrogens with one attached hydrogen (secondary N) is 1. The fraction of sp³-hybridized carbons (Fsp3) is 0.533. The van der Waals surface area contributed by atoms with Gasteiger partial charge in [-0.15, -0.1) is 0 Å². The van der Waals surface area contributed by atoms with E-state index in [0.29, 0.717) is 0 Å². The van der Waals surface area contributed by atoms with Gasteiger partial charge in [-0.3, -0.25) is 4.79 Å². The maximum absolute atomic E-state index is 13.0. The van der Waals surface area contributed by atoms with Gasteiger partial charge in [-0.25, -0.2) is 0 Å². The molecular formula is C15H18F3NO3. The Morgan fingerprint density at radius 1 is 1.27 bits per heavy atom. The van der Waals surface area contributed by atoms with Crippen LogP contribution in [-0.2, 0) is 15.7 Å². The van der Waals surface area contributed by atoms with Gasteiger partial charge in [-0.1, -0.05) is 0 Å². The molecule has 0 bridgehead atoms. The SMILES string of the molecule is COc1ccc(NC(=O)C(C)(OC)C2CC2)cc1C(F)(F)F. The molecule has 1 atom stereocenters. The number of carbonyl (C=O) groups excluding carboxylic acids is 1. The summed E-state index contributed by atoms with van der Waals surface area (Å²) >= 11 is 0. The molecule has 122 valence electrons. The van der Waals surface area contributed by atoms with Gasteiger partial charge in [0.15, 0.2) is 0 Å². The summed E-state index contributed by atoms with van der Waals surface area (Å²) in [4.78, 5) is 12.3. The second kappa shape index (κ2) is 5.79. The number of hydrogen-bond acceptors (Lipinski definition) is 3. The molecule has 0 spiro atoms. The van der Waals surface area contributed by atoms with Crippen LogP contribution in [0.15, 0.2) is 18.2 Å². The molecule has 1 unspecified atom stereocenters. The van der Waals surface area contributed by atoms with Gasteiger partial charge in [0, 0.05) is 12.8 Å².